The molecule has 0 amide bonds. The van der Waals surface area contributed by atoms with Crippen LogP contribution < -0.4 is 5.73 Å². The topological polar surface area (TPSA) is 52.3 Å². The molecule has 0 spiro atoms. The third-order valence-corrected chi connectivity index (χ3v) is 1.83. The molecule has 0 aliphatic rings. The number of halogens is 1. The zero-order chi connectivity index (χ0) is 10.6. The van der Waals surface area contributed by atoms with E-state index in [0.29, 0.717) is 17.7 Å². The molecule has 3 nitrogen and oxygen atoms in total. The monoisotopic (exact) mass is 197 g/mol. The third-order valence-electron chi connectivity index (χ3n) is 1.83. The number of carbonyl (C=O) groups is 1. The number of anilines is 1. The van der Waals surface area contributed by atoms with Crippen molar-refractivity contribution in [3.05, 3.63) is 29.6 Å². The lowest BCUT2D eigenvalue weighted by Gasteiger charge is -2.02. The first kappa shape index (κ1) is 10.5. The minimum absolute atomic E-state index is 0.236. The predicted molar refractivity (Wildman–Crippen MR) is 51.1 cm³/mol. The molecule has 76 valence electrons. The van der Waals surface area contributed by atoms with Crippen molar-refractivity contribution in [2.75, 3.05) is 12.8 Å². The number of aryl methyl sites for hydroxylation is 1. The number of esters is 1. The Hall–Kier alpha value is -1.58. The van der Waals surface area contributed by atoms with Crippen LogP contribution in [-0.4, -0.2) is 13.1 Å². The Bertz CT molecular complexity index is 319. The highest BCUT2D eigenvalue weighted by Gasteiger charge is 2.03. The van der Waals surface area contributed by atoms with E-state index in [1.165, 1.54) is 19.2 Å². The smallest absolute Gasteiger partial charge is 0.305 e. The van der Waals surface area contributed by atoms with Crippen LogP contribution in [0.15, 0.2) is 18.2 Å². The van der Waals surface area contributed by atoms with Gasteiger partial charge in [0.25, 0.3) is 0 Å². The molecule has 1 aromatic carbocycles. The molecule has 0 radical (unpaired) electrons. The predicted octanol–water partition coefficient (Wildman–Crippen LogP) is 1.51. The lowest BCUT2D eigenvalue weighted by molar-refractivity contribution is -0.140. The minimum Gasteiger partial charge on any atom is -0.469 e. The van der Waals surface area contributed by atoms with Crippen LogP contribution in [0.1, 0.15) is 12.0 Å². The lowest BCUT2D eigenvalue weighted by atomic mass is 10.1. The van der Waals surface area contributed by atoms with Crippen LogP contribution in [0.3, 0.4) is 0 Å². The average molecular weight is 197 g/mol. The highest BCUT2D eigenvalue weighted by atomic mass is 19.1. The zero-order valence-corrected chi connectivity index (χ0v) is 7.92. The highest BCUT2D eigenvalue weighted by Crippen LogP contribution is 2.12. The van der Waals surface area contributed by atoms with Crippen LogP contribution in [0.25, 0.3) is 0 Å². The van der Waals surface area contributed by atoms with E-state index in [-0.39, 0.29) is 18.2 Å². The maximum atomic E-state index is 12.8. The summed E-state index contributed by atoms with van der Waals surface area (Å²) in [5.74, 6) is -0.697. The Morgan fingerprint density at radius 2 is 2.21 bits per heavy atom. The number of benzene rings is 1. The fourth-order valence-corrected chi connectivity index (χ4v) is 1.17. The van der Waals surface area contributed by atoms with E-state index in [2.05, 4.69) is 4.74 Å². The van der Waals surface area contributed by atoms with Crippen molar-refractivity contribution in [2.45, 2.75) is 12.8 Å². The summed E-state index contributed by atoms with van der Waals surface area (Å²) in [7, 11) is 1.32. The molecule has 14 heavy (non-hydrogen) atoms. The highest BCUT2D eigenvalue weighted by molar-refractivity contribution is 5.69. The van der Waals surface area contributed by atoms with Gasteiger partial charge in [-0.15, -0.1) is 0 Å². The van der Waals surface area contributed by atoms with Gasteiger partial charge < -0.3 is 10.5 Å². The first-order valence-corrected chi connectivity index (χ1v) is 4.23. The van der Waals surface area contributed by atoms with Gasteiger partial charge in [-0.25, -0.2) is 4.39 Å². The maximum absolute atomic E-state index is 12.8. The molecule has 0 saturated carbocycles. The molecule has 2 N–H and O–H groups in total. The first-order chi connectivity index (χ1) is 6.61. The normalized spacial score (nSPS) is 9.86. The second-order valence-corrected chi connectivity index (χ2v) is 2.97. The Morgan fingerprint density at radius 1 is 1.50 bits per heavy atom. The molecule has 1 aromatic rings. The number of ether oxygens (including phenoxy) is 1. The number of rotatable bonds is 3. The molecule has 0 unspecified atom stereocenters. The van der Waals surface area contributed by atoms with E-state index in [0.717, 1.165) is 0 Å². The molecule has 0 atom stereocenters. The summed E-state index contributed by atoms with van der Waals surface area (Å²) in [5, 5.41) is 0. The number of hydrogen-bond donors (Lipinski definition) is 1. The second-order valence-electron chi connectivity index (χ2n) is 2.97. The second kappa shape index (κ2) is 4.60. The van der Waals surface area contributed by atoms with Crippen LogP contribution in [-0.2, 0) is 16.0 Å². The number of nitrogen functional groups attached to an aromatic ring is 1. The van der Waals surface area contributed by atoms with Crippen molar-refractivity contribution in [3.8, 4) is 0 Å². The average Bonchev–Trinajstić information content (AvgIpc) is 2.12. The van der Waals surface area contributed by atoms with E-state index in [9.17, 15) is 9.18 Å². The van der Waals surface area contributed by atoms with Gasteiger partial charge in [0, 0.05) is 12.1 Å². The molecular formula is C10H12FNO2. The molecule has 0 saturated heterocycles. The van der Waals surface area contributed by atoms with Crippen molar-refractivity contribution in [3.63, 3.8) is 0 Å². The largest absolute Gasteiger partial charge is 0.469 e. The number of carbonyl (C=O) groups excluding carboxylic acids is 1. The van der Waals surface area contributed by atoms with Crippen molar-refractivity contribution in [1.29, 1.82) is 0 Å². The molecule has 0 bridgehead atoms. The number of hydrogen-bond acceptors (Lipinski definition) is 3. The maximum Gasteiger partial charge on any atom is 0.305 e. The van der Waals surface area contributed by atoms with Gasteiger partial charge in [-0.1, -0.05) is 0 Å². The summed E-state index contributed by atoms with van der Waals surface area (Å²) in [6, 6.07) is 4.24. The van der Waals surface area contributed by atoms with E-state index in [1.54, 1.807) is 6.07 Å². The first-order valence-electron chi connectivity index (χ1n) is 4.23. The fraction of sp³-hybridized carbons (Fsp3) is 0.300. The summed E-state index contributed by atoms with van der Waals surface area (Å²) in [5.41, 5.74) is 6.51. The Balaban J connectivity index is 2.63. The van der Waals surface area contributed by atoms with E-state index in [1.807, 2.05) is 0 Å². The molecule has 1 rings (SSSR count). The molecule has 0 aliphatic heterocycles. The van der Waals surface area contributed by atoms with E-state index in [4.69, 9.17) is 5.73 Å². The standard InChI is InChI=1S/C10H12FNO2/c1-14-10(13)3-2-7-4-8(11)6-9(12)5-7/h4-6H,2-3,12H2,1H3. The SMILES string of the molecule is COC(=O)CCc1cc(N)cc(F)c1. The van der Waals surface area contributed by atoms with Crippen LogP contribution >= 0.6 is 0 Å². The van der Waals surface area contributed by atoms with Gasteiger partial charge >= 0.3 is 5.97 Å². The van der Waals surface area contributed by atoms with Crippen LogP contribution in [0.5, 0.6) is 0 Å². The van der Waals surface area contributed by atoms with Crippen molar-refractivity contribution < 1.29 is 13.9 Å². The van der Waals surface area contributed by atoms with Crippen LogP contribution in [0.4, 0.5) is 10.1 Å². The van der Waals surface area contributed by atoms with Gasteiger partial charge in [0.1, 0.15) is 5.82 Å². The van der Waals surface area contributed by atoms with Crippen LogP contribution in [0, 0.1) is 5.82 Å². The number of nitrogens with two attached hydrogens (primary N) is 1. The summed E-state index contributed by atoms with van der Waals surface area (Å²) in [6.07, 6.45) is 0.675. The number of methoxy groups -OCH3 is 1. The van der Waals surface area contributed by atoms with Crippen LogP contribution in [0.2, 0.25) is 0 Å². The van der Waals surface area contributed by atoms with Crippen molar-refractivity contribution in [2.24, 2.45) is 0 Å². The van der Waals surface area contributed by atoms with Crippen molar-refractivity contribution >= 4 is 11.7 Å². The van der Waals surface area contributed by atoms with Gasteiger partial charge in [-0.2, -0.15) is 0 Å². The van der Waals surface area contributed by atoms with E-state index >= 15 is 0 Å². The third kappa shape index (κ3) is 3.05. The van der Waals surface area contributed by atoms with Gasteiger partial charge in [-0.3, -0.25) is 4.79 Å². The summed E-state index contributed by atoms with van der Waals surface area (Å²) >= 11 is 0. The lowest BCUT2D eigenvalue weighted by Crippen LogP contribution is -2.02. The van der Waals surface area contributed by atoms with Gasteiger partial charge in [0.2, 0.25) is 0 Å². The molecule has 0 fully saturated rings. The minimum atomic E-state index is -0.384. The Morgan fingerprint density at radius 3 is 2.79 bits per heavy atom. The van der Waals surface area contributed by atoms with Gasteiger partial charge in [0.15, 0.2) is 0 Å². The quantitative estimate of drug-likeness (QED) is 0.590. The summed E-state index contributed by atoms with van der Waals surface area (Å²) < 4.78 is 17.3. The molecule has 0 heterocycles. The molecule has 0 aromatic heterocycles. The zero-order valence-electron chi connectivity index (χ0n) is 7.92. The molecule has 4 heteroatoms. The summed E-state index contributed by atoms with van der Waals surface area (Å²) in [6.45, 7) is 0. The Kier molecular flexibility index (Phi) is 3.45. The fourth-order valence-electron chi connectivity index (χ4n) is 1.17. The van der Waals surface area contributed by atoms with Gasteiger partial charge in [-0.05, 0) is 30.2 Å². The Labute approximate surface area is 81.7 Å². The van der Waals surface area contributed by atoms with Gasteiger partial charge in [0.05, 0.1) is 7.11 Å². The van der Waals surface area contributed by atoms with Crippen molar-refractivity contribution in [1.82, 2.24) is 0 Å². The summed E-state index contributed by atoms with van der Waals surface area (Å²) in [4.78, 5) is 10.8. The van der Waals surface area contributed by atoms with E-state index < -0.39 is 0 Å². The molecule has 0 aliphatic carbocycles. The molecular weight excluding hydrogens is 185 g/mol.